The summed E-state index contributed by atoms with van der Waals surface area (Å²) in [5.41, 5.74) is 4.72. The highest BCUT2D eigenvalue weighted by atomic mass is 16.2. The number of amides is 1. The summed E-state index contributed by atoms with van der Waals surface area (Å²) < 4.78 is 1.69. The van der Waals surface area contributed by atoms with Gasteiger partial charge < -0.3 is 9.47 Å². The highest BCUT2D eigenvalue weighted by molar-refractivity contribution is 5.97. The molecule has 1 amide bonds. The van der Waals surface area contributed by atoms with Gasteiger partial charge in [-0.15, -0.1) is 0 Å². The topological polar surface area (TPSA) is 55.2 Å². The first-order valence-corrected chi connectivity index (χ1v) is 9.67. The van der Waals surface area contributed by atoms with Crippen LogP contribution >= 0.6 is 0 Å². The van der Waals surface area contributed by atoms with Crippen molar-refractivity contribution in [2.75, 3.05) is 7.05 Å². The van der Waals surface area contributed by atoms with E-state index in [0.717, 1.165) is 11.1 Å². The molecule has 28 heavy (non-hydrogen) atoms. The molecule has 0 aliphatic carbocycles. The molecule has 0 spiro atoms. The number of aromatic nitrogens is 2. The Morgan fingerprint density at radius 3 is 2.43 bits per heavy atom. The van der Waals surface area contributed by atoms with E-state index in [1.165, 1.54) is 5.56 Å². The third kappa shape index (κ3) is 3.84. The molecule has 0 bridgehead atoms. The standard InChI is InChI=1S/C23H27N3O2/c1-6-26-21-12-11-19(13-20(21)24-16(4)22(26)27)23(28)25(5)14-17-7-9-18(10-8-17)15(2)3/h7-13,15H,6,14H2,1-5H3. The fourth-order valence-corrected chi connectivity index (χ4v) is 3.40. The minimum atomic E-state index is -0.0870. The maximum absolute atomic E-state index is 12.9. The van der Waals surface area contributed by atoms with Crippen molar-refractivity contribution < 1.29 is 4.79 Å². The van der Waals surface area contributed by atoms with E-state index in [2.05, 4.69) is 43.1 Å². The van der Waals surface area contributed by atoms with Crippen molar-refractivity contribution in [1.29, 1.82) is 0 Å². The maximum Gasteiger partial charge on any atom is 0.272 e. The van der Waals surface area contributed by atoms with Gasteiger partial charge in [-0.2, -0.15) is 0 Å². The first-order valence-electron chi connectivity index (χ1n) is 9.67. The van der Waals surface area contributed by atoms with Crippen LogP contribution in [0.1, 0.15) is 53.9 Å². The average molecular weight is 377 g/mol. The van der Waals surface area contributed by atoms with Gasteiger partial charge in [-0.05, 0) is 49.1 Å². The second-order valence-corrected chi connectivity index (χ2v) is 7.51. The number of carbonyl (C=O) groups excluding carboxylic acids is 1. The monoisotopic (exact) mass is 377 g/mol. The van der Waals surface area contributed by atoms with E-state index in [1.54, 1.807) is 35.6 Å². The lowest BCUT2D eigenvalue weighted by atomic mass is 10.0. The molecule has 1 heterocycles. The van der Waals surface area contributed by atoms with Gasteiger partial charge >= 0.3 is 0 Å². The van der Waals surface area contributed by atoms with E-state index in [9.17, 15) is 9.59 Å². The van der Waals surface area contributed by atoms with Crippen molar-refractivity contribution in [1.82, 2.24) is 14.5 Å². The van der Waals surface area contributed by atoms with Gasteiger partial charge in [0.15, 0.2) is 0 Å². The van der Waals surface area contributed by atoms with Gasteiger partial charge in [0.25, 0.3) is 11.5 Å². The Hall–Kier alpha value is -2.95. The number of carbonyl (C=O) groups is 1. The van der Waals surface area contributed by atoms with E-state index in [-0.39, 0.29) is 11.5 Å². The second kappa shape index (κ2) is 7.97. The Morgan fingerprint density at radius 1 is 1.14 bits per heavy atom. The summed E-state index contributed by atoms with van der Waals surface area (Å²) in [7, 11) is 1.80. The van der Waals surface area contributed by atoms with Crippen LogP contribution in [0.2, 0.25) is 0 Å². The summed E-state index contributed by atoms with van der Waals surface area (Å²) in [4.78, 5) is 31.2. The van der Waals surface area contributed by atoms with Gasteiger partial charge in [-0.1, -0.05) is 38.1 Å². The number of benzene rings is 2. The number of hydrogen-bond donors (Lipinski definition) is 0. The Labute approximate surface area is 165 Å². The van der Waals surface area contributed by atoms with E-state index in [1.807, 2.05) is 13.0 Å². The first-order chi connectivity index (χ1) is 13.3. The molecule has 0 saturated heterocycles. The van der Waals surface area contributed by atoms with Gasteiger partial charge in [0.05, 0.1) is 11.0 Å². The number of rotatable bonds is 5. The van der Waals surface area contributed by atoms with Crippen LogP contribution in [0.4, 0.5) is 0 Å². The highest BCUT2D eigenvalue weighted by Crippen LogP contribution is 2.18. The predicted octanol–water partition coefficient (Wildman–Crippen LogP) is 4.12. The van der Waals surface area contributed by atoms with Crippen molar-refractivity contribution in [2.45, 2.75) is 46.7 Å². The van der Waals surface area contributed by atoms with Gasteiger partial charge in [-0.3, -0.25) is 9.59 Å². The van der Waals surface area contributed by atoms with Crippen LogP contribution in [0.3, 0.4) is 0 Å². The molecule has 0 unspecified atom stereocenters. The number of hydrogen-bond acceptors (Lipinski definition) is 3. The van der Waals surface area contributed by atoms with Crippen LogP contribution < -0.4 is 5.56 Å². The summed E-state index contributed by atoms with van der Waals surface area (Å²) in [6.07, 6.45) is 0. The second-order valence-electron chi connectivity index (χ2n) is 7.51. The Balaban J connectivity index is 1.86. The number of nitrogens with zero attached hydrogens (tertiary/aromatic N) is 3. The predicted molar refractivity (Wildman–Crippen MR) is 113 cm³/mol. The van der Waals surface area contributed by atoms with E-state index < -0.39 is 0 Å². The normalized spacial score (nSPS) is 11.2. The maximum atomic E-state index is 12.9. The molecule has 146 valence electrons. The van der Waals surface area contributed by atoms with Crippen molar-refractivity contribution in [3.63, 3.8) is 0 Å². The summed E-state index contributed by atoms with van der Waals surface area (Å²) in [6, 6.07) is 13.7. The summed E-state index contributed by atoms with van der Waals surface area (Å²) in [6.45, 7) is 9.07. The van der Waals surface area contributed by atoms with Crippen molar-refractivity contribution >= 4 is 16.9 Å². The molecular formula is C23H27N3O2. The third-order valence-corrected chi connectivity index (χ3v) is 5.09. The van der Waals surface area contributed by atoms with E-state index in [0.29, 0.717) is 35.8 Å². The molecule has 2 aromatic carbocycles. The molecular weight excluding hydrogens is 350 g/mol. The average Bonchev–Trinajstić information content (AvgIpc) is 2.68. The zero-order valence-corrected chi connectivity index (χ0v) is 17.2. The molecule has 3 aromatic rings. The largest absolute Gasteiger partial charge is 0.337 e. The molecule has 5 heteroatoms. The minimum absolute atomic E-state index is 0.0662. The third-order valence-electron chi connectivity index (χ3n) is 5.09. The van der Waals surface area contributed by atoms with Crippen LogP contribution in [0.5, 0.6) is 0 Å². The van der Waals surface area contributed by atoms with Crippen LogP contribution in [0.25, 0.3) is 11.0 Å². The summed E-state index contributed by atoms with van der Waals surface area (Å²) in [5, 5.41) is 0. The van der Waals surface area contributed by atoms with Crippen LogP contribution in [-0.4, -0.2) is 27.4 Å². The van der Waals surface area contributed by atoms with Crippen molar-refractivity contribution in [3.8, 4) is 0 Å². The Bertz CT molecular complexity index is 1070. The molecule has 0 aliphatic heterocycles. The zero-order valence-electron chi connectivity index (χ0n) is 17.2. The van der Waals surface area contributed by atoms with Crippen LogP contribution in [0.15, 0.2) is 47.3 Å². The number of aryl methyl sites for hydroxylation is 2. The lowest BCUT2D eigenvalue weighted by molar-refractivity contribution is 0.0785. The molecule has 5 nitrogen and oxygen atoms in total. The minimum Gasteiger partial charge on any atom is -0.337 e. The van der Waals surface area contributed by atoms with Gasteiger partial charge in [0, 0.05) is 25.7 Å². The zero-order chi connectivity index (χ0) is 20.4. The van der Waals surface area contributed by atoms with Crippen LogP contribution in [-0.2, 0) is 13.1 Å². The van der Waals surface area contributed by atoms with Crippen molar-refractivity contribution in [3.05, 3.63) is 75.2 Å². The molecule has 0 radical (unpaired) electrons. The van der Waals surface area contributed by atoms with Crippen molar-refractivity contribution in [2.24, 2.45) is 0 Å². The van der Waals surface area contributed by atoms with Crippen LogP contribution in [0, 0.1) is 6.92 Å². The fourth-order valence-electron chi connectivity index (χ4n) is 3.40. The Morgan fingerprint density at radius 2 is 1.82 bits per heavy atom. The number of fused-ring (bicyclic) bond motifs is 1. The molecule has 1 aromatic heterocycles. The molecule has 0 N–H and O–H groups in total. The summed E-state index contributed by atoms with van der Waals surface area (Å²) >= 11 is 0. The molecule has 0 saturated carbocycles. The SMILES string of the molecule is CCn1c(=O)c(C)nc2cc(C(=O)N(C)Cc3ccc(C(C)C)cc3)ccc21. The summed E-state index contributed by atoms with van der Waals surface area (Å²) in [5.74, 6) is 0.422. The molecule has 0 fully saturated rings. The first kappa shape index (κ1) is 19.8. The van der Waals surface area contributed by atoms with Gasteiger partial charge in [0.2, 0.25) is 0 Å². The smallest absolute Gasteiger partial charge is 0.272 e. The van der Waals surface area contributed by atoms with E-state index >= 15 is 0 Å². The lowest BCUT2D eigenvalue weighted by Gasteiger charge is -2.18. The fraction of sp³-hybridized carbons (Fsp3) is 0.348. The lowest BCUT2D eigenvalue weighted by Crippen LogP contribution is -2.27. The van der Waals surface area contributed by atoms with E-state index in [4.69, 9.17) is 0 Å². The quantitative estimate of drug-likeness (QED) is 0.672. The van der Waals surface area contributed by atoms with Gasteiger partial charge in [0.1, 0.15) is 5.69 Å². The molecule has 0 aliphatic rings. The Kier molecular flexibility index (Phi) is 5.63. The molecule has 0 atom stereocenters. The molecule has 3 rings (SSSR count). The highest BCUT2D eigenvalue weighted by Gasteiger charge is 2.15. The van der Waals surface area contributed by atoms with Gasteiger partial charge in [-0.25, -0.2) is 4.98 Å².